The van der Waals surface area contributed by atoms with Crippen LogP contribution in [0.4, 0.5) is 0 Å². The van der Waals surface area contributed by atoms with E-state index in [1.807, 2.05) is 6.07 Å². The lowest BCUT2D eigenvalue weighted by Crippen LogP contribution is -2.04. The number of hydrogen-bond donors (Lipinski definition) is 1. The van der Waals surface area contributed by atoms with Gasteiger partial charge in [-0.05, 0) is 24.0 Å². The number of H-pyrrole nitrogens is 1. The number of rotatable bonds is 0. The van der Waals surface area contributed by atoms with E-state index in [1.54, 1.807) is 11.3 Å². The lowest BCUT2D eigenvalue weighted by molar-refractivity contribution is 0.964. The van der Waals surface area contributed by atoms with E-state index in [-0.39, 0.29) is 5.56 Å². The quantitative estimate of drug-likeness (QED) is 0.670. The molecule has 0 saturated carbocycles. The first-order valence-electron chi connectivity index (χ1n) is 5.92. The van der Waals surface area contributed by atoms with Crippen LogP contribution in [-0.4, -0.2) is 9.97 Å². The van der Waals surface area contributed by atoms with E-state index in [1.165, 1.54) is 27.9 Å². The van der Waals surface area contributed by atoms with Gasteiger partial charge in [0.2, 0.25) is 0 Å². The third-order valence-electron chi connectivity index (χ3n) is 3.46. The predicted molar refractivity (Wildman–Crippen MR) is 73.1 cm³/mol. The smallest absolute Gasteiger partial charge is 0.268 e. The molecule has 0 unspecified atom stereocenters. The van der Waals surface area contributed by atoms with Crippen LogP contribution in [-0.2, 0) is 12.8 Å². The minimum Gasteiger partial charge on any atom is -0.312 e. The highest BCUT2D eigenvalue weighted by molar-refractivity contribution is 7.19. The summed E-state index contributed by atoms with van der Waals surface area (Å²) >= 11 is 1.58. The Bertz CT molecular complexity index is 816. The molecule has 1 aliphatic rings. The van der Waals surface area contributed by atoms with E-state index < -0.39 is 0 Å². The Hall–Kier alpha value is -1.94. The second-order valence-electron chi connectivity index (χ2n) is 4.47. The van der Waals surface area contributed by atoms with Crippen LogP contribution in [0.15, 0.2) is 35.4 Å². The van der Waals surface area contributed by atoms with Gasteiger partial charge in [0, 0.05) is 10.4 Å². The molecule has 0 fully saturated rings. The lowest BCUT2D eigenvalue weighted by Gasteiger charge is -2.15. The highest BCUT2D eigenvalue weighted by atomic mass is 32.1. The Kier molecular flexibility index (Phi) is 1.96. The van der Waals surface area contributed by atoms with Crippen LogP contribution >= 0.6 is 11.3 Å². The first-order valence-corrected chi connectivity index (χ1v) is 6.73. The molecule has 2 aromatic heterocycles. The van der Waals surface area contributed by atoms with Crippen molar-refractivity contribution in [3.05, 3.63) is 51.4 Å². The molecule has 0 saturated heterocycles. The summed E-state index contributed by atoms with van der Waals surface area (Å²) in [6, 6.07) is 8.40. The van der Waals surface area contributed by atoms with Gasteiger partial charge in [-0.2, -0.15) is 0 Å². The molecular weight excluding hydrogens is 244 g/mol. The van der Waals surface area contributed by atoms with Crippen molar-refractivity contribution in [3.8, 4) is 11.1 Å². The number of nitrogens with zero attached hydrogens (tertiary/aromatic N) is 1. The Morgan fingerprint density at radius 3 is 3.06 bits per heavy atom. The third kappa shape index (κ3) is 1.24. The largest absolute Gasteiger partial charge is 0.312 e. The molecule has 0 aliphatic heterocycles. The number of nitrogens with one attached hydrogen (secondary N) is 1. The molecule has 4 rings (SSSR count). The summed E-state index contributed by atoms with van der Waals surface area (Å²) in [6.07, 6.45) is 3.55. The molecule has 4 heteroatoms. The summed E-state index contributed by atoms with van der Waals surface area (Å²) in [7, 11) is 0. The second kappa shape index (κ2) is 3.53. The van der Waals surface area contributed by atoms with Crippen LogP contribution in [0, 0.1) is 0 Å². The first kappa shape index (κ1) is 10.0. The maximum atomic E-state index is 11.8. The zero-order valence-electron chi connectivity index (χ0n) is 9.56. The van der Waals surface area contributed by atoms with Crippen molar-refractivity contribution < 1.29 is 0 Å². The summed E-state index contributed by atoms with van der Waals surface area (Å²) < 4.78 is 0.749. The highest BCUT2D eigenvalue weighted by Crippen LogP contribution is 2.41. The van der Waals surface area contributed by atoms with Crippen LogP contribution in [0.5, 0.6) is 0 Å². The summed E-state index contributed by atoms with van der Waals surface area (Å²) in [5.74, 6) is 0. The van der Waals surface area contributed by atoms with Crippen molar-refractivity contribution in [1.82, 2.24) is 9.97 Å². The van der Waals surface area contributed by atoms with E-state index in [0.717, 1.165) is 23.1 Å². The van der Waals surface area contributed by atoms with E-state index >= 15 is 0 Å². The van der Waals surface area contributed by atoms with Gasteiger partial charge in [-0.25, -0.2) is 4.98 Å². The van der Waals surface area contributed by atoms with Gasteiger partial charge in [-0.15, -0.1) is 11.3 Å². The van der Waals surface area contributed by atoms with Gasteiger partial charge < -0.3 is 4.98 Å². The van der Waals surface area contributed by atoms with Gasteiger partial charge in [-0.1, -0.05) is 24.3 Å². The van der Waals surface area contributed by atoms with Gasteiger partial charge in [0.15, 0.2) is 0 Å². The van der Waals surface area contributed by atoms with E-state index in [9.17, 15) is 4.79 Å². The average molecular weight is 254 g/mol. The minimum absolute atomic E-state index is 0.0307. The fourth-order valence-electron chi connectivity index (χ4n) is 2.65. The average Bonchev–Trinajstić information content (AvgIpc) is 2.79. The lowest BCUT2D eigenvalue weighted by atomic mass is 9.90. The second-order valence-corrected chi connectivity index (χ2v) is 5.57. The Morgan fingerprint density at radius 2 is 2.11 bits per heavy atom. The van der Waals surface area contributed by atoms with Crippen LogP contribution < -0.4 is 5.56 Å². The number of aromatic amines is 1. The van der Waals surface area contributed by atoms with Gasteiger partial charge in [0.25, 0.3) is 5.56 Å². The maximum Gasteiger partial charge on any atom is 0.268 e. The molecule has 0 bridgehead atoms. The van der Waals surface area contributed by atoms with E-state index in [2.05, 4.69) is 28.2 Å². The molecule has 88 valence electrons. The molecule has 3 nitrogen and oxygen atoms in total. The first-order chi connectivity index (χ1) is 8.84. The number of fused-ring (bicyclic) bond motifs is 5. The van der Waals surface area contributed by atoms with Crippen LogP contribution in [0.2, 0.25) is 0 Å². The van der Waals surface area contributed by atoms with Gasteiger partial charge in [-0.3, -0.25) is 4.79 Å². The van der Waals surface area contributed by atoms with Crippen molar-refractivity contribution in [2.45, 2.75) is 12.8 Å². The molecule has 18 heavy (non-hydrogen) atoms. The molecule has 3 aromatic rings. The maximum absolute atomic E-state index is 11.8. The van der Waals surface area contributed by atoms with Crippen LogP contribution in [0.25, 0.3) is 21.3 Å². The standard InChI is InChI=1S/C14H10N2OS/c17-14-13-12(15-7-16-14)11-9-4-2-1-3-8(9)5-6-10(11)18-13/h1-4,7H,5-6H2,(H,15,16,17). The van der Waals surface area contributed by atoms with Crippen molar-refractivity contribution in [2.24, 2.45) is 0 Å². The number of aryl methyl sites for hydroxylation is 2. The number of thiophene rings is 1. The minimum atomic E-state index is -0.0307. The Morgan fingerprint density at radius 1 is 1.22 bits per heavy atom. The highest BCUT2D eigenvalue weighted by Gasteiger charge is 2.22. The zero-order valence-corrected chi connectivity index (χ0v) is 10.4. The van der Waals surface area contributed by atoms with Crippen LogP contribution in [0.1, 0.15) is 10.4 Å². The summed E-state index contributed by atoms with van der Waals surface area (Å²) in [5.41, 5.74) is 4.58. The predicted octanol–water partition coefficient (Wildman–Crippen LogP) is 2.75. The summed E-state index contributed by atoms with van der Waals surface area (Å²) in [6.45, 7) is 0. The van der Waals surface area contributed by atoms with E-state index in [4.69, 9.17) is 0 Å². The SMILES string of the molecule is O=c1[nH]cnc2c3c(sc12)CCc1ccccc1-3. The Labute approximate surface area is 107 Å². The molecule has 0 atom stereocenters. The van der Waals surface area contributed by atoms with Gasteiger partial charge in [0.1, 0.15) is 4.70 Å². The molecule has 0 radical (unpaired) electrons. The third-order valence-corrected chi connectivity index (χ3v) is 4.70. The monoisotopic (exact) mass is 254 g/mol. The molecule has 0 amide bonds. The summed E-state index contributed by atoms with van der Waals surface area (Å²) in [4.78, 5) is 20.1. The van der Waals surface area contributed by atoms with Gasteiger partial charge >= 0.3 is 0 Å². The number of benzene rings is 1. The summed E-state index contributed by atoms with van der Waals surface area (Å²) in [5, 5.41) is 0. The van der Waals surface area contributed by atoms with E-state index in [0.29, 0.717) is 0 Å². The Balaban J connectivity index is 2.18. The molecule has 1 aliphatic carbocycles. The fourth-order valence-corrected chi connectivity index (χ4v) is 3.81. The number of aromatic nitrogens is 2. The normalized spacial score (nSPS) is 13.3. The van der Waals surface area contributed by atoms with Crippen molar-refractivity contribution in [2.75, 3.05) is 0 Å². The molecule has 1 N–H and O–H groups in total. The van der Waals surface area contributed by atoms with Crippen molar-refractivity contribution in [1.29, 1.82) is 0 Å². The van der Waals surface area contributed by atoms with Gasteiger partial charge in [0.05, 0.1) is 11.8 Å². The molecule has 1 aromatic carbocycles. The molecular formula is C14H10N2OS. The van der Waals surface area contributed by atoms with Crippen LogP contribution in [0.3, 0.4) is 0 Å². The molecule has 0 spiro atoms. The van der Waals surface area contributed by atoms with Crippen molar-refractivity contribution >= 4 is 21.6 Å². The zero-order chi connectivity index (χ0) is 12.1. The molecule has 2 heterocycles. The fraction of sp³-hybridized carbons (Fsp3) is 0.143. The topological polar surface area (TPSA) is 45.8 Å². The number of hydrogen-bond acceptors (Lipinski definition) is 3. The van der Waals surface area contributed by atoms with Crippen molar-refractivity contribution in [3.63, 3.8) is 0 Å².